The molecule has 62 heavy (non-hydrogen) atoms. The second-order valence-corrected chi connectivity index (χ2v) is 16.6. The molecular formula is C56H43NO5. The van der Waals surface area contributed by atoms with E-state index in [-0.39, 0.29) is 17.5 Å². The molecule has 0 spiro atoms. The molecule has 0 heterocycles. The van der Waals surface area contributed by atoms with Crippen LogP contribution in [0.4, 0.5) is 11.4 Å². The Morgan fingerprint density at radius 2 is 1.19 bits per heavy atom. The summed E-state index contributed by atoms with van der Waals surface area (Å²) in [5, 5.41) is 58.8. The molecule has 3 atom stereocenters. The molecule has 0 aromatic heterocycles. The van der Waals surface area contributed by atoms with Crippen LogP contribution in [-0.2, 0) is 0 Å². The fourth-order valence-corrected chi connectivity index (χ4v) is 10.2. The van der Waals surface area contributed by atoms with E-state index in [9.17, 15) is 25.5 Å². The van der Waals surface area contributed by atoms with Gasteiger partial charge in [0, 0.05) is 28.6 Å². The van der Waals surface area contributed by atoms with Crippen LogP contribution in [0.15, 0.2) is 164 Å². The standard InChI is InChI=1S/C56H43NO5/c58-52-51(53(59)55(61)56(62)54(52)60)40-22-18-35(19-23-40)34-16-20-37(21-17-34)43-30-31-47(45-14-5-4-13-44(43)45)57(42-28-26-36(27-29-42)33-8-2-1-3-9-33)48-32-41-12-6-10-38-24-25-39-11-7-15-46(48)50(39)49(38)41/h1-6,8-14,16-20,22-32,37,46,48,58-62H,7,15,21H2. The highest BCUT2D eigenvalue weighted by molar-refractivity contribution is 6.00. The van der Waals surface area contributed by atoms with Gasteiger partial charge in [0.15, 0.2) is 11.5 Å². The number of anilines is 2. The quantitative estimate of drug-likeness (QED) is 0.0811. The van der Waals surface area contributed by atoms with Crippen LogP contribution in [0, 0.1) is 0 Å². The molecule has 8 aromatic rings. The molecule has 3 aliphatic rings. The summed E-state index contributed by atoms with van der Waals surface area (Å²) < 4.78 is 0. The van der Waals surface area contributed by atoms with Crippen LogP contribution < -0.4 is 15.3 Å². The van der Waals surface area contributed by atoms with Crippen LogP contribution in [0.5, 0.6) is 28.7 Å². The number of allylic oxidation sites excluding steroid dienone is 4. The monoisotopic (exact) mass is 809 g/mol. The lowest BCUT2D eigenvalue weighted by Crippen LogP contribution is -2.42. The van der Waals surface area contributed by atoms with Gasteiger partial charge in [0.25, 0.3) is 0 Å². The van der Waals surface area contributed by atoms with Gasteiger partial charge in [-0.15, -0.1) is 0 Å². The number of nitrogens with zero attached hydrogens (tertiary/aromatic N) is 1. The molecule has 0 amide bonds. The number of rotatable bonds is 7. The summed E-state index contributed by atoms with van der Waals surface area (Å²) >= 11 is 0. The average molecular weight is 810 g/mol. The first kappa shape index (κ1) is 37.3. The van der Waals surface area contributed by atoms with E-state index in [1.54, 1.807) is 12.1 Å². The fraction of sp³-hybridized carbons (Fsp3) is 0.107. The number of phenols is 5. The van der Waals surface area contributed by atoms with E-state index in [4.69, 9.17) is 0 Å². The van der Waals surface area contributed by atoms with Gasteiger partial charge >= 0.3 is 0 Å². The molecule has 3 unspecified atom stereocenters. The lowest BCUT2D eigenvalue weighted by molar-refractivity contribution is 0.330. The van der Waals surface area contributed by atoms with Gasteiger partial charge in [0.05, 0.1) is 11.6 Å². The molecule has 302 valence electrons. The third-order valence-electron chi connectivity index (χ3n) is 13.2. The number of aromatic hydroxyl groups is 5. The van der Waals surface area contributed by atoms with Crippen LogP contribution in [0.25, 0.3) is 61.5 Å². The first-order chi connectivity index (χ1) is 30.3. The Bertz CT molecular complexity index is 3250. The Labute approximate surface area is 358 Å². The second kappa shape index (κ2) is 14.8. The SMILES string of the molecule is Oc1c(O)c(O)c(-c2ccc(C3=CCC(c4ccc(N(c5ccc(-c6ccccc6)cc5)C5C=c6cccc7ccc8c(c67)C5CCC=8)c5ccccc45)C=C3)cc2)c(O)c1O. The normalized spacial score (nSPS) is 17.6. The van der Waals surface area contributed by atoms with Gasteiger partial charge in [-0.05, 0) is 103 Å². The van der Waals surface area contributed by atoms with Crippen molar-refractivity contribution in [1.29, 1.82) is 0 Å². The van der Waals surface area contributed by atoms with Crippen molar-refractivity contribution in [3.63, 3.8) is 0 Å². The second-order valence-electron chi connectivity index (χ2n) is 16.6. The third-order valence-corrected chi connectivity index (χ3v) is 13.2. The van der Waals surface area contributed by atoms with Crippen molar-refractivity contribution in [3.05, 3.63) is 191 Å². The van der Waals surface area contributed by atoms with Crippen molar-refractivity contribution < 1.29 is 25.5 Å². The summed E-state index contributed by atoms with van der Waals surface area (Å²) in [7, 11) is 0. The lowest BCUT2D eigenvalue weighted by Gasteiger charge is -2.41. The van der Waals surface area contributed by atoms with E-state index in [1.807, 2.05) is 12.1 Å². The molecular weight excluding hydrogens is 767 g/mol. The first-order valence-corrected chi connectivity index (χ1v) is 21.2. The minimum atomic E-state index is -0.977. The third kappa shape index (κ3) is 6.01. The Hall–Kier alpha value is -7.70. The van der Waals surface area contributed by atoms with E-state index >= 15 is 0 Å². The maximum atomic E-state index is 10.5. The average Bonchev–Trinajstić information content (AvgIpc) is 3.33. The minimum absolute atomic E-state index is 0.0876. The predicted molar refractivity (Wildman–Crippen MR) is 251 cm³/mol. The maximum absolute atomic E-state index is 10.5. The van der Waals surface area contributed by atoms with Crippen molar-refractivity contribution in [1.82, 2.24) is 0 Å². The smallest absolute Gasteiger partial charge is 0.208 e. The van der Waals surface area contributed by atoms with Crippen molar-refractivity contribution >= 4 is 50.6 Å². The Balaban J connectivity index is 0.970. The summed E-state index contributed by atoms with van der Waals surface area (Å²) in [6.45, 7) is 0. The molecule has 0 saturated heterocycles. The summed E-state index contributed by atoms with van der Waals surface area (Å²) in [5.74, 6) is -3.73. The Morgan fingerprint density at radius 1 is 0.516 bits per heavy atom. The minimum Gasteiger partial charge on any atom is -0.504 e. The fourth-order valence-electron chi connectivity index (χ4n) is 10.2. The number of benzene rings is 8. The molecule has 0 fully saturated rings. The summed E-state index contributed by atoms with van der Waals surface area (Å²) in [6.07, 6.45) is 14.5. The molecule has 6 nitrogen and oxygen atoms in total. The molecule has 0 bridgehead atoms. The molecule has 0 aliphatic heterocycles. The van der Waals surface area contributed by atoms with Crippen molar-refractivity contribution in [3.8, 4) is 51.0 Å². The zero-order chi connectivity index (χ0) is 42.1. The first-order valence-electron chi connectivity index (χ1n) is 21.2. The van der Waals surface area contributed by atoms with Crippen LogP contribution in [0.1, 0.15) is 47.8 Å². The largest absolute Gasteiger partial charge is 0.504 e. The molecule has 0 radical (unpaired) electrons. The van der Waals surface area contributed by atoms with Crippen LogP contribution in [0.2, 0.25) is 0 Å². The summed E-state index contributed by atoms with van der Waals surface area (Å²) in [6, 6.07) is 51.7. The predicted octanol–water partition coefficient (Wildman–Crippen LogP) is 11.6. The van der Waals surface area contributed by atoms with Crippen LogP contribution in [-0.4, -0.2) is 31.6 Å². The van der Waals surface area contributed by atoms with E-state index < -0.39 is 28.7 Å². The van der Waals surface area contributed by atoms with Crippen molar-refractivity contribution in [2.45, 2.75) is 37.1 Å². The highest BCUT2D eigenvalue weighted by atomic mass is 16.4. The molecule has 5 N–H and O–H groups in total. The van der Waals surface area contributed by atoms with Gasteiger partial charge in [-0.2, -0.15) is 0 Å². The van der Waals surface area contributed by atoms with Gasteiger partial charge in [0.2, 0.25) is 17.2 Å². The molecule has 3 aliphatic carbocycles. The van der Waals surface area contributed by atoms with Crippen molar-refractivity contribution in [2.75, 3.05) is 4.90 Å². The zero-order valence-electron chi connectivity index (χ0n) is 33.8. The van der Waals surface area contributed by atoms with Gasteiger partial charge in [-0.3, -0.25) is 0 Å². The van der Waals surface area contributed by atoms with E-state index in [1.165, 1.54) is 59.9 Å². The molecule has 0 saturated carbocycles. The number of hydrogen-bond acceptors (Lipinski definition) is 6. The van der Waals surface area contributed by atoms with E-state index in [2.05, 4.69) is 157 Å². The number of hydrogen-bond donors (Lipinski definition) is 5. The highest BCUT2D eigenvalue weighted by Gasteiger charge is 2.35. The van der Waals surface area contributed by atoms with Crippen molar-refractivity contribution in [2.24, 2.45) is 0 Å². The maximum Gasteiger partial charge on any atom is 0.208 e. The van der Waals surface area contributed by atoms with Crippen LogP contribution >= 0.6 is 0 Å². The topological polar surface area (TPSA) is 104 Å². The van der Waals surface area contributed by atoms with Crippen LogP contribution in [0.3, 0.4) is 0 Å². The molecule has 8 aromatic carbocycles. The van der Waals surface area contributed by atoms with Gasteiger partial charge < -0.3 is 30.4 Å². The van der Waals surface area contributed by atoms with Gasteiger partial charge in [-0.1, -0.05) is 158 Å². The lowest BCUT2D eigenvalue weighted by atomic mass is 9.75. The summed E-state index contributed by atoms with van der Waals surface area (Å²) in [5.41, 5.74) is 9.65. The van der Waals surface area contributed by atoms with Gasteiger partial charge in [0.1, 0.15) is 0 Å². The summed E-state index contributed by atoms with van der Waals surface area (Å²) in [4.78, 5) is 2.61. The number of phenolic OH excluding ortho intramolecular Hbond substituents is 5. The van der Waals surface area contributed by atoms with E-state index in [0.29, 0.717) is 11.5 Å². The Morgan fingerprint density at radius 3 is 1.94 bits per heavy atom. The van der Waals surface area contributed by atoms with E-state index in [0.717, 1.165) is 36.1 Å². The molecule has 11 rings (SSSR count). The number of fused-ring (bicyclic) bond motifs is 1. The highest BCUT2D eigenvalue weighted by Crippen LogP contribution is 2.55. The molecule has 6 heteroatoms. The van der Waals surface area contributed by atoms with Gasteiger partial charge in [-0.25, -0.2) is 0 Å². The zero-order valence-corrected chi connectivity index (χ0v) is 33.8. The Kier molecular flexibility index (Phi) is 8.90.